The normalized spacial score (nSPS) is 29.1. The fraction of sp³-hybridized carbons (Fsp3) is 0.571. The van der Waals surface area contributed by atoms with E-state index in [2.05, 4.69) is 41.2 Å². The molecule has 1 N–H and O–H groups in total. The first-order valence-electron chi connectivity index (χ1n) is 6.26. The SMILES string of the molecule is CC1CC(C)CC(Nc2ccc(Cl)cc2Br)C1. The van der Waals surface area contributed by atoms with E-state index >= 15 is 0 Å². The predicted molar refractivity (Wildman–Crippen MR) is 78.7 cm³/mol. The van der Waals surface area contributed by atoms with Gasteiger partial charge in [-0.3, -0.25) is 0 Å². The molecule has 2 unspecified atom stereocenters. The van der Waals surface area contributed by atoms with Gasteiger partial charge in [-0.2, -0.15) is 0 Å². The number of anilines is 1. The van der Waals surface area contributed by atoms with Crippen LogP contribution in [-0.2, 0) is 0 Å². The molecule has 0 aromatic heterocycles. The minimum Gasteiger partial charge on any atom is -0.381 e. The van der Waals surface area contributed by atoms with Crippen LogP contribution >= 0.6 is 27.5 Å². The Kier molecular flexibility index (Phi) is 4.37. The van der Waals surface area contributed by atoms with Crippen molar-refractivity contribution >= 4 is 33.2 Å². The Balaban J connectivity index is 2.04. The highest BCUT2D eigenvalue weighted by Gasteiger charge is 2.24. The van der Waals surface area contributed by atoms with Crippen LogP contribution in [0.3, 0.4) is 0 Å². The topological polar surface area (TPSA) is 12.0 Å². The summed E-state index contributed by atoms with van der Waals surface area (Å²) >= 11 is 9.51. The molecule has 2 rings (SSSR count). The first-order valence-corrected chi connectivity index (χ1v) is 7.43. The van der Waals surface area contributed by atoms with Gasteiger partial charge in [0, 0.05) is 21.2 Å². The molecule has 1 aliphatic carbocycles. The highest BCUT2D eigenvalue weighted by atomic mass is 79.9. The molecule has 0 saturated heterocycles. The Labute approximate surface area is 117 Å². The first kappa shape index (κ1) is 13.2. The highest BCUT2D eigenvalue weighted by Crippen LogP contribution is 2.33. The Morgan fingerprint density at radius 2 is 1.82 bits per heavy atom. The van der Waals surface area contributed by atoms with Crippen molar-refractivity contribution in [1.29, 1.82) is 0 Å². The third-order valence-corrected chi connectivity index (χ3v) is 4.36. The van der Waals surface area contributed by atoms with Crippen molar-refractivity contribution in [2.24, 2.45) is 11.8 Å². The van der Waals surface area contributed by atoms with E-state index < -0.39 is 0 Å². The summed E-state index contributed by atoms with van der Waals surface area (Å²) in [6.45, 7) is 4.70. The molecule has 0 bridgehead atoms. The van der Waals surface area contributed by atoms with Crippen LogP contribution in [0.15, 0.2) is 22.7 Å². The van der Waals surface area contributed by atoms with Crippen molar-refractivity contribution in [2.75, 3.05) is 5.32 Å². The first-order chi connectivity index (χ1) is 8.04. The molecule has 1 aromatic carbocycles. The zero-order valence-corrected chi connectivity index (χ0v) is 12.7. The molecule has 1 aliphatic rings. The lowest BCUT2D eigenvalue weighted by Crippen LogP contribution is -2.30. The molecular weight excluding hydrogens is 298 g/mol. The lowest BCUT2D eigenvalue weighted by atomic mass is 9.80. The second kappa shape index (κ2) is 5.62. The summed E-state index contributed by atoms with van der Waals surface area (Å²) in [5.74, 6) is 1.64. The van der Waals surface area contributed by atoms with Crippen LogP contribution in [0.5, 0.6) is 0 Å². The van der Waals surface area contributed by atoms with Crippen LogP contribution < -0.4 is 5.32 Å². The van der Waals surface area contributed by atoms with Crippen molar-refractivity contribution in [3.05, 3.63) is 27.7 Å². The molecule has 1 saturated carbocycles. The molecule has 1 aromatic rings. The third kappa shape index (κ3) is 3.62. The van der Waals surface area contributed by atoms with E-state index in [1.165, 1.54) is 19.3 Å². The average Bonchev–Trinajstić information content (AvgIpc) is 2.21. The second-order valence-corrected chi connectivity index (χ2v) is 6.67. The summed E-state index contributed by atoms with van der Waals surface area (Å²) in [4.78, 5) is 0. The number of rotatable bonds is 2. The van der Waals surface area contributed by atoms with Gasteiger partial charge >= 0.3 is 0 Å². The van der Waals surface area contributed by atoms with Crippen molar-refractivity contribution in [3.63, 3.8) is 0 Å². The fourth-order valence-electron chi connectivity index (χ4n) is 2.89. The van der Waals surface area contributed by atoms with Gasteiger partial charge in [0.05, 0.1) is 0 Å². The molecule has 0 spiro atoms. The molecule has 0 heterocycles. The molecule has 0 radical (unpaired) electrons. The van der Waals surface area contributed by atoms with Crippen molar-refractivity contribution in [1.82, 2.24) is 0 Å². The lowest BCUT2D eigenvalue weighted by Gasteiger charge is -2.32. The molecule has 17 heavy (non-hydrogen) atoms. The number of halogens is 2. The van der Waals surface area contributed by atoms with Crippen molar-refractivity contribution in [3.8, 4) is 0 Å². The van der Waals surface area contributed by atoms with Gasteiger partial charge in [-0.15, -0.1) is 0 Å². The van der Waals surface area contributed by atoms with Gasteiger partial charge in [-0.25, -0.2) is 0 Å². The maximum absolute atomic E-state index is 5.95. The van der Waals surface area contributed by atoms with Gasteiger partial charge < -0.3 is 5.32 Å². The summed E-state index contributed by atoms with van der Waals surface area (Å²) < 4.78 is 1.05. The average molecular weight is 317 g/mol. The minimum absolute atomic E-state index is 0.589. The fourth-order valence-corrected chi connectivity index (χ4v) is 3.69. The van der Waals surface area contributed by atoms with E-state index in [4.69, 9.17) is 11.6 Å². The zero-order valence-electron chi connectivity index (χ0n) is 10.3. The second-order valence-electron chi connectivity index (χ2n) is 5.38. The maximum Gasteiger partial charge on any atom is 0.0487 e. The van der Waals surface area contributed by atoms with Gasteiger partial charge in [0.2, 0.25) is 0 Å². The molecule has 1 nitrogen and oxygen atoms in total. The Morgan fingerprint density at radius 3 is 2.41 bits per heavy atom. The predicted octanol–water partition coefficient (Wildman–Crippen LogP) is 5.34. The zero-order chi connectivity index (χ0) is 12.4. The quantitative estimate of drug-likeness (QED) is 0.776. The van der Waals surface area contributed by atoms with E-state index in [1.54, 1.807) is 0 Å². The van der Waals surface area contributed by atoms with Gasteiger partial charge in [0.1, 0.15) is 0 Å². The minimum atomic E-state index is 0.589. The van der Waals surface area contributed by atoms with Crippen LogP contribution in [0.25, 0.3) is 0 Å². The third-order valence-electron chi connectivity index (χ3n) is 3.47. The van der Waals surface area contributed by atoms with E-state index in [-0.39, 0.29) is 0 Å². The Bertz CT molecular complexity index is 384. The van der Waals surface area contributed by atoms with Crippen LogP contribution in [0, 0.1) is 11.8 Å². The summed E-state index contributed by atoms with van der Waals surface area (Å²) in [6, 6.07) is 6.52. The molecule has 1 fully saturated rings. The highest BCUT2D eigenvalue weighted by molar-refractivity contribution is 9.10. The molecule has 3 heteroatoms. The number of hydrogen-bond donors (Lipinski definition) is 1. The summed E-state index contributed by atoms with van der Waals surface area (Å²) in [6.07, 6.45) is 3.89. The van der Waals surface area contributed by atoms with Crippen molar-refractivity contribution in [2.45, 2.75) is 39.2 Å². The van der Waals surface area contributed by atoms with Gasteiger partial charge in [-0.05, 0) is 65.2 Å². The lowest BCUT2D eigenvalue weighted by molar-refractivity contribution is 0.281. The molecule has 0 aliphatic heterocycles. The van der Waals surface area contributed by atoms with Crippen LogP contribution in [0.4, 0.5) is 5.69 Å². The van der Waals surface area contributed by atoms with E-state index in [0.717, 1.165) is 27.0 Å². The van der Waals surface area contributed by atoms with Crippen molar-refractivity contribution < 1.29 is 0 Å². The summed E-state index contributed by atoms with van der Waals surface area (Å²) in [7, 11) is 0. The number of nitrogens with one attached hydrogen (secondary N) is 1. The number of benzene rings is 1. The molecular formula is C14H19BrClN. The Morgan fingerprint density at radius 1 is 1.18 bits per heavy atom. The smallest absolute Gasteiger partial charge is 0.0487 e. The van der Waals surface area contributed by atoms with Gasteiger partial charge in [0.15, 0.2) is 0 Å². The maximum atomic E-state index is 5.95. The van der Waals surface area contributed by atoms with Gasteiger partial charge in [-0.1, -0.05) is 25.4 Å². The van der Waals surface area contributed by atoms with E-state index in [0.29, 0.717) is 6.04 Å². The summed E-state index contributed by atoms with van der Waals surface area (Å²) in [5.41, 5.74) is 1.15. The number of hydrogen-bond acceptors (Lipinski definition) is 1. The molecule has 0 amide bonds. The van der Waals surface area contributed by atoms with E-state index in [9.17, 15) is 0 Å². The molecule has 2 atom stereocenters. The van der Waals surface area contributed by atoms with Crippen LogP contribution in [-0.4, -0.2) is 6.04 Å². The standard InChI is InChI=1S/C14H19BrClN/c1-9-5-10(2)7-12(6-9)17-14-4-3-11(16)8-13(14)15/h3-4,8-10,12,17H,5-7H2,1-2H3. The van der Waals surface area contributed by atoms with Crippen LogP contribution in [0.1, 0.15) is 33.1 Å². The van der Waals surface area contributed by atoms with Crippen LogP contribution in [0.2, 0.25) is 5.02 Å². The van der Waals surface area contributed by atoms with E-state index in [1.807, 2.05) is 12.1 Å². The largest absolute Gasteiger partial charge is 0.381 e. The van der Waals surface area contributed by atoms with Gasteiger partial charge in [0.25, 0.3) is 0 Å². The summed E-state index contributed by atoms with van der Waals surface area (Å²) in [5, 5.41) is 4.40. The monoisotopic (exact) mass is 315 g/mol. The Hall–Kier alpha value is -0.210. The molecule has 94 valence electrons.